The average Bonchev–Trinajstić information content (AvgIpc) is 3.27. The lowest BCUT2D eigenvalue weighted by atomic mass is 9.89. The number of hydrogen-bond donors (Lipinski definition) is 2. The van der Waals surface area contributed by atoms with Crippen molar-refractivity contribution in [1.29, 1.82) is 0 Å². The molecule has 0 heterocycles. The summed E-state index contributed by atoms with van der Waals surface area (Å²) >= 11 is 1.65. The maximum absolute atomic E-state index is 12.0. The molecule has 0 aromatic heterocycles. The van der Waals surface area contributed by atoms with Gasteiger partial charge in [0.2, 0.25) is 0 Å². The normalized spacial score (nSPS) is 28.7. The third-order valence-electron chi connectivity index (χ3n) is 6.85. The third kappa shape index (κ3) is 7.65. The number of aliphatic hydroxyl groups excluding tert-OH is 2. The fourth-order valence-electron chi connectivity index (χ4n) is 5.29. The predicted octanol–water partition coefficient (Wildman–Crippen LogP) is 5.24. The summed E-state index contributed by atoms with van der Waals surface area (Å²) in [6.45, 7) is 2.17. The summed E-state index contributed by atoms with van der Waals surface area (Å²) in [6, 6.07) is 9.21. The largest absolute Gasteiger partial charge is 0.426 e. The number of unbranched alkanes of at least 4 members (excludes halogenated alkanes) is 2. The number of fused-ring (bicyclic) bond motifs is 1. The van der Waals surface area contributed by atoms with Crippen molar-refractivity contribution in [2.24, 2.45) is 23.7 Å². The van der Waals surface area contributed by atoms with Crippen LogP contribution in [0.15, 0.2) is 42.5 Å². The van der Waals surface area contributed by atoms with Crippen LogP contribution in [0.1, 0.15) is 58.3 Å². The first-order valence-electron chi connectivity index (χ1n) is 11.9. The van der Waals surface area contributed by atoms with Gasteiger partial charge in [-0.15, -0.1) is 0 Å². The summed E-state index contributed by atoms with van der Waals surface area (Å²) in [6.07, 6.45) is 11.9. The SMILES string of the molecule is CCCCCC(O)C=C[C@H]1[C@@H]2CC(CCSCC(=O)Oc3ccccc3)C[C@H]2C[C@@H]1O. The Hall–Kier alpha value is -1.30. The molecule has 0 saturated heterocycles. The lowest BCUT2D eigenvalue weighted by Gasteiger charge is -2.19. The number of carbonyl (C=O) groups excluding carboxylic acids is 1. The van der Waals surface area contributed by atoms with E-state index in [0.717, 1.165) is 50.7 Å². The molecule has 0 spiro atoms. The minimum atomic E-state index is -0.387. The number of esters is 1. The fraction of sp³-hybridized carbons (Fsp3) is 0.654. The Balaban J connectivity index is 1.35. The van der Waals surface area contributed by atoms with E-state index in [0.29, 0.717) is 29.3 Å². The van der Waals surface area contributed by atoms with Crippen molar-refractivity contribution in [3.63, 3.8) is 0 Å². The highest BCUT2D eigenvalue weighted by Crippen LogP contribution is 2.51. The highest BCUT2D eigenvalue weighted by atomic mass is 32.2. The van der Waals surface area contributed by atoms with Gasteiger partial charge in [-0.2, -0.15) is 11.8 Å². The number of ether oxygens (including phenoxy) is 1. The van der Waals surface area contributed by atoms with E-state index < -0.39 is 0 Å². The molecule has 31 heavy (non-hydrogen) atoms. The number of thioether (sulfide) groups is 1. The van der Waals surface area contributed by atoms with Gasteiger partial charge in [0.05, 0.1) is 18.0 Å². The Morgan fingerprint density at radius 3 is 2.81 bits per heavy atom. The summed E-state index contributed by atoms with van der Waals surface area (Å²) in [5, 5.41) is 20.7. The summed E-state index contributed by atoms with van der Waals surface area (Å²) in [4.78, 5) is 12.0. The lowest BCUT2D eigenvalue weighted by molar-refractivity contribution is -0.131. The molecular weight excluding hydrogens is 408 g/mol. The zero-order valence-electron chi connectivity index (χ0n) is 18.7. The molecule has 172 valence electrons. The molecule has 2 unspecified atom stereocenters. The van der Waals surface area contributed by atoms with E-state index in [-0.39, 0.29) is 24.1 Å². The van der Waals surface area contributed by atoms with Gasteiger partial charge >= 0.3 is 5.97 Å². The van der Waals surface area contributed by atoms with E-state index >= 15 is 0 Å². The molecule has 0 aliphatic heterocycles. The molecule has 0 radical (unpaired) electrons. The van der Waals surface area contributed by atoms with Gasteiger partial charge in [0, 0.05) is 5.92 Å². The van der Waals surface area contributed by atoms with Crippen LogP contribution in [0, 0.1) is 23.7 Å². The van der Waals surface area contributed by atoms with E-state index in [1.165, 1.54) is 6.42 Å². The first-order chi connectivity index (χ1) is 15.1. The van der Waals surface area contributed by atoms with Crippen LogP contribution in [0.25, 0.3) is 0 Å². The summed E-state index contributed by atoms with van der Waals surface area (Å²) in [5.41, 5.74) is 0. The molecule has 3 rings (SSSR count). The molecule has 4 nitrogen and oxygen atoms in total. The van der Waals surface area contributed by atoms with Crippen molar-refractivity contribution < 1.29 is 19.7 Å². The molecular formula is C26H38O4S. The zero-order chi connectivity index (χ0) is 22.1. The second-order valence-corrected chi connectivity index (χ2v) is 10.3. The van der Waals surface area contributed by atoms with Gasteiger partial charge in [-0.25, -0.2) is 0 Å². The number of aliphatic hydroxyl groups is 2. The van der Waals surface area contributed by atoms with Crippen LogP contribution < -0.4 is 4.74 Å². The Labute approximate surface area is 191 Å². The van der Waals surface area contributed by atoms with E-state index in [2.05, 4.69) is 13.0 Å². The molecule has 2 aliphatic carbocycles. The van der Waals surface area contributed by atoms with Crippen LogP contribution in [0.5, 0.6) is 5.75 Å². The summed E-state index contributed by atoms with van der Waals surface area (Å²) in [7, 11) is 0. The van der Waals surface area contributed by atoms with Gasteiger partial charge in [0.25, 0.3) is 0 Å². The van der Waals surface area contributed by atoms with Crippen molar-refractivity contribution >= 4 is 17.7 Å². The standard InChI is InChI=1S/C26H38O4S/c1-2-3-5-8-21(27)11-12-23-24-16-19(15-20(24)17-25(23)28)13-14-31-18-26(29)30-22-9-6-4-7-10-22/h4,6-7,9-12,19-21,23-25,27-28H,2-3,5,8,13-18H2,1H3/t19?,20-,21?,23-,24+,25-/m0/s1. The molecule has 1 aromatic rings. The smallest absolute Gasteiger partial charge is 0.321 e. The zero-order valence-corrected chi connectivity index (χ0v) is 19.5. The molecule has 0 bridgehead atoms. The molecule has 5 heteroatoms. The van der Waals surface area contributed by atoms with Crippen molar-refractivity contribution in [3.05, 3.63) is 42.5 Å². The van der Waals surface area contributed by atoms with Crippen molar-refractivity contribution in [2.45, 2.75) is 70.5 Å². The number of hydrogen-bond acceptors (Lipinski definition) is 5. The van der Waals surface area contributed by atoms with E-state index in [4.69, 9.17) is 4.74 Å². The Morgan fingerprint density at radius 1 is 1.23 bits per heavy atom. The van der Waals surface area contributed by atoms with Crippen LogP contribution in [-0.4, -0.2) is 39.9 Å². The average molecular weight is 447 g/mol. The Morgan fingerprint density at radius 2 is 2.03 bits per heavy atom. The predicted molar refractivity (Wildman–Crippen MR) is 127 cm³/mol. The first kappa shape index (κ1) is 24.3. The van der Waals surface area contributed by atoms with Crippen molar-refractivity contribution in [1.82, 2.24) is 0 Å². The van der Waals surface area contributed by atoms with Gasteiger partial charge in [0.1, 0.15) is 5.75 Å². The second kappa shape index (κ2) is 12.7. The molecule has 2 N–H and O–H groups in total. The molecule has 2 fully saturated rings. The number of rotatable bonds is 12. The lowest BCUT2D eigenvalue weighted by Crippen LogP contribution is -2.18. The van der Waals surface area contributed by atoms with Crippen molar-refractivity contribution in [2.75, 3.05) is 11.5 Å². The second-order valence-electron chi connectivity index (χ2n) is 9.22. The quantitative estimate of drug-likeness (QED) is 0.199. The van der Waals surface area contributed by atoms with Crippen LogP contribution >= 0.6 is 11.8 Å². The van der Waals surface area contributed by atoms with Crippen LogP contribution in [0.3, 0.4) is 0 Å². The molecule has 2 saturated carbocycles. The summed E-state index contributed by atoms with van der Waals surface area (Å²) < 4.78 is 5.33. The number of benzene rings is 1. The maximum Gasteiger partial charge on any atom is 0.321 e. The molecule has 6 atom stereocenters. The first-order valence-corrected chi connectivity index (χ1v) is 13.1. The highest BCUT2D eigenvalue weighted by molar-refractivity contribution is 7.99. The van der Waals surface area contributed by atoms with E-state index in [1.807, 2.05) is 24.3 Å². The minimum absolute atomic E-state index is 0.185. The Kier molecular flexibility index (Phi) is 9.95. The molecule has 2 aliphatic rings. The minimum Gasteiger partial charge on any atom is -0.426 e. The highest BCUT2D eigenvalue weighted by Gasteiger charge is 2.46. The number of para-hydroxylation sites is 1. The van der Waals surface area contributed by atoms with Crippen LogP contribution in [-0.2, 0) is 4.79 Å². The topological polar surface area (TPSA) is 66.8 Å². The monoisotopic (exact) mass is 446 g/mol. The fourth-order valence-corrected chi connectivity index (χ4v) is 6.16. The maximum atomic E-state index is 12.0. The van der Waals surface area contributed by atoms with Crippen LogP contribution in [0.4, 0.5) is 0 Å². The van der Waals surface area contributed by atoms with E-state index in [1.54, 1.807) is 23.9 Å². The van der Waals surface area contributed by atoms with Gasteiger partial charge in [0.15, 0.2) is 0 Å². The van der Waals surface area contributed by atoms with E-state index in [9.17, 15) is 15.0 Å². The Bertz CT molecular complexity index is 692. The summed E-state index contributed by atoms with van der Waals surface area (Å²) in [5.74, 6) is 3.75. The van der Waals surface area contributed by atoms with Crippen LogP contribution in [0.2, 0.25) is 0 Å². The van der Waals surface area contributed by atoms with Crippen molar-refractivity contribution in [3.8, 4) is 5.75 Å². The van der Waals surface area contributed by atoms with Gasteiger partial charge in [-0.3, -0.25) is 4.79 Å². The van der Waals surface area contributed by atoms with Gasteiger partial charge in [-0.1, -0.05) is 56.5 Å². The van der Waals surface area contributed by atoms with Gasteiger partial charge < -0.3 is 14.9 Å². The number of carbonyl (C=O) groups is 1. The third-order valence-corrected chi connectivity index (χ3v) is 7.82. The van der Waals surface area contributed by atoms with Gasteiger partial charge in [-0.05, 0) is 67.7 Å². The molecule has 1 aromatic carbocycles. The molecule has 0 amide bonds.